The van der Waals surface area contributed by atoms with E-state index in [4.69, 9.17) is 9.72 Å². The van der Waals surface area contributed by atoms with Crippen LogP contribution in [0.2, 0.25) is 0 Å². The highest BCUT2D eigenvalue weighted by Crippen LogP contribution is 2.38. The summed E-state index contributed by atoms with van der Waals surface area (Å²) in [6.07, 6.45) is 9.31. The van der Waals surface area contributed by atoms with Gasteiger partial charge in [0.1, 0.15) is 5.82 Å². The fraction of sp³-hybridized carbons (Fsp3) is 0.778. The molecule has 0 bridgehead atoms. The first-order valence-electron chi connectivity index (χ1n) is 9.36. The van der Waals surface area contributed by atoms with Crippen LogP contribution in [0.4, 0.5) is 0 Å². The number of aliphatic imine (C=N–C) groups is 1. The van der Waals surface area contributed by atoms with Crippen LogP contribution in [-0.2, 0) is 24.1 Å². The summed E-state index contributed by atoms with van der Waals surface area (Å²) in [6, 6.07) is 0. The van der Waals surface area contributed by atoms with Crippen LogP contribution in [0.3, 0.4) is 0 Å². The van der Waals surface area contributed by atoms with Crippen molar-refractivity contribution in [2.75, 3.05) is 39.9 Å². The number of guanidine groups is 1. The van der Waals surface area contributed by atoms with Gasteiger partial charge in [-0.3, -0.25) is 4.99 Å². The number of ether oxygens (including phenoxy) is 1. The summed E-state index contributed by atoms with van der Waals surface area (Å²) >= 11 is 0. The Balaban J connectivity index is 1.29. The van der Waals surface area contributed by atoms with E-state index in [1.807, 2.05) is 7.05 Å². The van der Waals surface area contributed by atoms with Crippen molar-refractivity contribution in [3.8, 4) is 0 Å². The third-order valence-electron chi connectivity index (χ3n) is 5.76. The summed E-state index contributed by atoms with van der Waals surface area (Å²) in [4.78, 5) is 11.7. The second-order valence-electron chi connectivity index (χ2n) is 7.50. The Kier molecular flexibility index (Phi) is 4.48. The van der Waals surface area contributed by atoms with Crippen molar-refractivity contribution in [3.63, 3.8) is 0 Å². The zero-order valence-corrected chi connectivity index (χ0v) is 14.8. The third kappa shape index (κ3) is 3.16. The smallest absolute Gasteiger partial charge is 0.193 e. The highest BCUT2D eigenvalue weighted by Gasteiger charge is 2.42. The highest BCUT2D eigenvalue weighted by atomic mass is 16.5. The van der Waals surface area contributed by atoms with Crippen molar-refractivity contribution in [1.29, 1.82) is 0 Å². The molecule has 0 saturated carbocycles. The molecule has 4 rings (SSSR count). The summed E-state index contributed by atoms with van der Waals surface area (Å²) < 4.78 is 7.96. The van der Waals surface area contributed by atoms with Crippen molar-refractivity contribution in [2.24, 2.45) is 10.4 Å². The van der Waals surface area contributed by atoms with E-state index in [1.54, 1.807) is 0 Å². The molecule has 0 aromatic carbocycles. The van der Waals surface area contributed by atoms with E-state index < -0.39 is 0 Å². The molecular formula is C18H29N5O. The standard InChI is InChI=1S/C18H29N5O/c1-19-17(23-10-6-18(13-23)7-11-24-14-18)20-8-5-15-12-22-9-3-2-4-16(22)21-15/h12H,2-11,13-14H2,1H3,(H,19,20). The first kappa shape index (κ1) is 15.9. The highest BCUT2D eigenvalue weighted by molar-refractivity contribution is 5.80. The second-order valence-corrected chi connectivity index (χ2v) is 7.50. The summed E-state index contributed by atoms with van der Waals surface area (Å²) in [7, 11) is 1.88. The van der Waals surface area contributed by atoms with Gasteiger partial charge in [0.2, 0.25) is 0 Å². The zero-order chi connectivity index (χ0) is 16.4. The lowest BCUT2D eigenvalue weighted by atomic mass is 9.87. The normalized spacial score (nSPS) is 27.0. The summed E-state index contributed by atoms with van der Waals surface area (Å²) in [5, 5.41) is 3.53. The molecule has 1 aromatic rings. The van der Waals surface area contributed by atoms with Gasteiger partial charge in [-0.1, -0.05) is 0 Å². The average molecular weight is 331 g/mol. The Bertz CT molecular complexity index is 579. The number of rotatable bonds is 3. The van der Waals surface area contributed by atoms with E-state index in [-0.39, 0.29) is 0 Å². The van der Waals surface area contributed by atoms with Crippen LogP contribution in [0.5, 0.6) is 0 Å². The van der Waals surface area contributed by atoms with Gasteiger partial charge < -0.3 is 19.5 Å². The van der Waals surface area contributed by atoms with E-state index in [1.165, 1.54) is 37.2 Å². The molecule has 6 heteroatoms. The lowest BCUT2D eigenvalue weighted by Gasteiger charge is -2.24. The van der Waals surface area contributed by atoms with Crippen LogP contribution >= 0.6 is 0 Å². The van der Waals surface area contributed by atoms with E-state index in [0.29, 0.717) is 5.41 Å². The van der Waals surface area contributed by atoms with Gasteiger partial charge in [-0.15, -0.1) is 0 Å². The van der Waals surface area contributed by atoms with Crippen LogP contribution in [0.1, 0.15) is 37.2 Å². The maximum absolute atomic E-state index is 5.63. The van der Waals surface area contributed by atoms with Crippen molar-refractivity contribution < 1.29 is 4.74 Å². The largest absolute Gasteiger partial charge is 0.381 e. The van der Waals surface area contributed by atoms with Gasteiger partial charge in [-0.05, 0) is 25.7 Å². The molecule has 3 aliphatic heterocycles. The van der Waals surface area contributed by atoms with Gasteiger partial charge in [-0.2, -0.15) is 0 Å². The van der Waals surface area contributed by atoms with Crippen molar-refractivity contribution in [3.05, 3.63) is 17.7 Å². The molecule has 0 radical (unpaired) electrons. The maximum atomic E-state index is 5.63. The number of nitrogens with one attached hydrogen (secondary N) is 1. The molecule has 4 heterocycles. The van der Waals surface area contributed by atoms with E-state index >= 15 is 0 Å². The lowest BCUT2D eigenvalue weighted by molar-refractivity contribution is 0.156. The molecule has 0 amide bonds. The number of likely N-dealkylation sites (tertiary alicyclic amines) is 1. The predicted molar refractivity (Wildman–Crippen MR) is 94.3 cm³/mol. The van der Waals surface area contributed by atoms with Crippen LogP contribution in [0.15, 0.2) is 11.2 Å². The van der Waals surface area contributed by atoms with Crippen molar-refractivity contribution >= 4 is 5.96 Å². The number of hydrogen-bond donors (Lipinski definition) is 1. The topological polar surface area (TPSA) is 54.7 Å². The molecular weight excluding hydrogens is 302 g/mol. The Hall–Kier alpha value is -1.56. The number of aryl methyl sites for hydroxylation is 2. The van der Waals surface area contributed by atoms with E-state index in [0.717, 1.165) is 58.2 Å². The lowest BCUT2D eigenvalue weighted by Crippen LogP contribution is -2.42. The average Bonchev–Trinajstić information content (AvgIpc) is 3.32. The molecule has 2 fully saturated rings. The first-order valence-corrected chi connectivity index (χ1v) is 9.36. The number of hydrogen-bond acceptors (Lipinski definition) is 3. The molecule has 1 aromatic heterocycles. The Morgan fingerprint density at radius 1 is 1.38 bits per heavy atom. The van der Waals surface area contributed by atoms with Gasteiger partial charge in [0.15, 0.2) is 5.96 Å². The van der Waals surface area contributed by atoms with Gasteiger partial charge in [0, 0.05) is 64.3 Å². The fourth-order valence-electron chi connectivity index (χ4n) is 4.31. The minimum Gasteiger partial charge on any atom is -0.381 e. The summed E-state index contributed by atoms with van der Waals surface area (Å²) in [5.41, 5.74) is 1.58. The van der Waals surface area contributed by atoms with Crippen molar-refractivity contribution in [2.45, 2.75) is 45.1 Å². The molecule has 6 nitrogen and oxygen atoms in total. The van der Waals surface area contributed by atoms with Gasteiger partial charge >= 0.3 is 0 Å². The first-order chi connectivity index (χ1) is 11.8. The summed E-state index contributed by atoms with van der Waals surface area (Å²) in [5.74, 6) is 2.30. The molecule has 2 saturated heterocycles. The minimum atomic E-state index is 0.376. The molecule has 1 spiro atoms. The quantitative estimate of drug-likeness (QED) is 0.673. The zero-order valence-electron chi connectivity index (χ0n) is 14.8. The third-order valence-corrected chi connectivity index (χ3v) is 5.76. The Morgan fingerprint density at radius 3 is 3.12 bits per heavy atom. The number of fused-ring (bicyclic) bond motifs is 1. The Morgan fingerprint density at radius 2 is 2.33 bits per heavy atom. The predicted octanol–water partition coefficient (Wildman–Crippen LogP) is 1.45. The monoisotopic (exact) mass is 331 g/mol. The number of nitrogens with zero attached hydrogens (tertiary/aromatic N) is 4. The fourth-order valence-corrected chi connectivity index (χ4v) is 4.31. The van der Waals surface area contributed by atoms with Crippen LogP contribution < -0.4 is 5.32 Å². The molecule has 3 aliphatic rings. The second kappa shape index (κ2) is 6.75. The molecule has 1 atom stereocenters. The van der Waals surface area contributed by atoms with Crippen LogP contribution in [0, 0.1) is 5.41 Å². The molecule has 1 N–H and O–H groups in total. The van der Waals surface area contributed by atoms with Crippen LogP contribution in [0.25, 0.3) is 0 Å². The van der Waals surface area contributed by atoms with Crippen LogP contribution in [-0.4, -0.2) is 60.3 Å². The number of imidazole rings is 1. The molecule has 24 heavy (non-hydrogen) atoms. The SMILES string of the molecule is CN=C(NCCc1cn2c(n1)CCCC2)N1CCC2(CCOC2)C1. The van der Waals surface area contributed by atoms with Gasteiger partial charge in [0.05, 0.1) is 12.3 Å². The summed E-state index contributed by atoms with van der Waals surface area (Å²) in [6.45, 7) is 6.03. The Labute approximate surface area is 144 Å². The van der Waals surface area contributed by atoms with E-state index in [9.17, 15) is 0 Å². The minimum absolute atomic E-state index is 0.376. The van der Waals surface area contributed by atoms with Crippen molar-refractivity contribution in [1.82, 2.24) is 19.8 Å². The maximum Gasteiger partial charge on any atom is 0.193 e. The molecule has 0 aliphatic carbocycles. The van der Waals surface area contributed by atoms with E-state index in [2.05, 4.69) is 26.0 Å². The molecule has 1 unspecified atom stereocenters. The van der Waals surface area contributed by atoms with Gasteiger partial charge in [0.25, 0.3) is 0 Å². The number of aromatic nitrogens is 2. The van der Waals surface area contributed by atoms with Gasteiger partial charge in [-0.25, -0.2) is 4.98 Å². The molecule has 132 valence electrons.